The van der Waals surface area contributed by atoms with E-state index in [1.165, 1.54) is 7.11 Å². The van der Waals surface area contributed by atoms with Crippen molar-refractivity contribution >= 4 is 17.8 Å². The van der Waals surface area contributed by atoms with Crippen molar-refractivity contribution in [2.24, 2.45) is 5.92 Å². The zero-order valence-electron chi connectivity index (χ0n) is 14.4. The Morgan fingerprint density at radius 3 is 2.62 bits per heavy atom. The Balaban J connectivity index is 1.85. The molecule has 3 aliphatic rings. The molecule has 0 radical (unpaired) electrons. The van der Waals surface area contributed by atoms with E-state index in [-0.39, 0.29) is 12.5 Å². The fourth-order valence-corrected chi connectivity index (χ4v) is 4.17. The van der Waals surface area contributed by atoms with Gasteiger partial charge in [0.25, 0.3) is 5.91 Å². The Morgan fingerprint density at radius 2 is 2.04 bits per heavy atom. The van der Waals surface area contributed by atoms with Gasteiger partial charge in [-0.1, -0.05) is 13.8 Å². The summed E-state index contributed by atoms with van der Waals surface area (Å²) >= 11 is 0. The topological polar surface area (TPSA) is 90.4 Å². The number of aliphatic hydroxyl groups is 1. The molecule has 0 aromatic carbocycles. The molecule has 1 spiro atoms. The summed E-state index contributed by atoms with van der Waals surface area (Å²) in [5.74, 6) is -0.885. The monoisotopic (exact) mass is 339 g/mol. The molecular formula is C16H25N3O5. The van der Waals surface area contributed by atoms with Crippen molar-refractivity contribution in [2.75, 3.05) is 39.8 Å². The lowest BCUT2D eigenvalue weighted by Gasteiger charge is -2.58. The Kier molecular flexibility index (Phi) is 4.39. The molecule has 0 bridgehead atoms. The third-order valence-electron chi connectivity index (χ3n) is 5.13. The maximum atomic E-state index is 13.0. The number of hydrogen-bond acceptors (Lipinski definition) is 7. The minimum atomic E-state index is -0.807. The highest BCUT2D eigenvalue weighted by atomic mass is 16.5. The lowest BCUT2D eigenvalue weighted by Crippen LogP contribution is -2.81. The number of piperazine rings is 1. The molecule has 3 aliphatic heterocycles. The number of hydrogen-bond donors (Lipinski definition) is 1. The molecule has 1 N–H and O–H groups in total. The Bertz CT molecular complexity index is 558. The highest BCUT2D eigenvalue weighted by Crippen LogP contribution is 2.40. The van der Waals surface area contributed by atoms with Crippen LogP contribution in [0.4, 0.5) is 0 Å². The predicted molar refractivity (Wildman–Crippen MR) is 83.9 cm³/mol. The van der Waals surface area contributed by atoms with Crippen molar-refractivity contribution in [1.82, 2.24) is 14.7 Å². The predicted octanol–water partition coefficient (Wildman–Crippen LogP) is -1.33. The largest absolute Gasteiger partial charge is 0.468 e. The average molecular weight is 339 g/mol. The number of β-amino-alcohol motifs (C(OH)–C–C–N with tert-alkyl or cyclic N) is 1. The number of amides is 2. The first-order valence-electron chi connectivity index (χ1n) is 8.38. The zero-order chi connectivity index (χ0) is 17.6. The first kappa shape index (κ1) is 17.3. The van der Waals surface area contributed by atoms with E-state index < -0.39 is 29.6 Å². The average Bonchev–Trinajstić information content (AvgIpc) is 2.87. The van der Waals surface area contributed by atoms with E-state index in [0.29, 0.717) is 32.0 Å². The van der Waals surface area contributed by atoms with Crippen molar-refractivity contribution in [3.63, 3.8) is 0 Å². The summed E-state index contributed by atoms with van der Waals surface area (Å²) in [5, 5.41) is 10.0. The van der Waals surface area contributed by atoms with Crippen molar-refractivity contribution in [1.29, 1.82) is 0 Å². The summed E-state index contributed by atoms with van der Waals surface area (Å²) in [6.45, 7) is 6.12. The summed E-state index contributed by atoms with van der Waals surface area (Å²) in [4.78, 5) is 42.3. The van der Waals surface area contributed by atoms with Crippen LogP contribution in [-0.2, 0) is 19.1 Å². The van der Waals surface area contributed by atoms with Crippen LogP contribution in [-0.4, -0.2) is 95.1 Å². The first-order valence-corrected chi connectivity index (χ1v) is 8.38. The van der Waals surface area contributed by atoms with Crippen LogP contribution in [0.2, 0.25) is 0 Å². The molecule has 24 heavy (non-hydrogen) atoms. The number of methoxy groups -OCH3 is 1. The van der Waals surface area contributed by atoms with Crippen molar-refractivity contribution < 1.29 is 24.2 Å². The Labute approximate surface area is 141 Å². The number of nitrogens with zero attached hydrogens (tertiary/aromatic N) is 3. The number of fused-ring (bicyclic) bond motifs is 2. The van der Waals surface area contributed by atoms with Gasteiger partial charge in [-0.15, -0.1) is 0 Å². The zero-order valence-corrected chi connectivity index (χ0v) is 14.4. The molecule has 8 heteroatoms. The maximum Gasteiger partial charge on any atom is 0.325 e. The van der Waals surface area contributed by atoms with Gasteiger partial charge in [0.15, 0.2) is 0 Å². The third-order valence-corrected chi connectivity index (χ3v) is 5.13. The normalized spacial score (nSPS) is 30.0. The van der Waals surface area contributed by atoms with Crippen LogP contribution >= 0.6 is 0 Å². The minimum Gasteiger partial charge on any atom is -0.468 e. The molecule has 0 aliphatic carbocycles. The number of carbonyl (C=O) groups is 3. The van der Waals surface area contributed by atoms with Gasteiger partial charge in [0.05, 0.1) is 19.3 Å². The van der Waals surface area contributed by atoms with Gasteiger partial charge in [-0.2, -0.15) is 0 Å². The quantitative estimate of drug-likeness (QED) is 0.501. The number of carbonyl (C=O) groups excluding carboxylic acids is 3. The highest BCUT2D eigenvalue weighted by molar-refractivity contribution is 6.07. The van der Waals surface area contributed by atoms with E-state index in [1.807, 2.05) is 4.90 Å². The second-order valence-electron chi connectivity index (χ2n) is 7.46. The van der Waals surface area contributed by atoms with Crippen LogP contribution in [0.25, 0.3) is 0 Å². The second kappa shape index (κ2) is 6.09. The van der Waals surface area contributed by atoms with E-state index in [9.17, 15) is 19.5 Å². The highest BCUT2D eigenvalue weighted by Gasteiger charge is 2.64. The molecule has 0 unspecified atom stereocenters. The van der Waals surface area contributed by atoms with E-state index in [4.69, 9.17) is 0 Å². The van der Waals surface area contributed by atoms with Gasteiger partial charge in [-0.05, 0) is 12.3 Å². The van der Waals surface area contributed by atoms with Crippen LogP contribution in [0, 0.1) is 5.92 Å². The summed E-state index contributed by atoms with van der Waals surface area (Å²) in [6.07, 6.45) is -0.323. The molecule has 134 valence electrons. The van der Waals surface area contributed by atoms with Crippen LogP contribution in [0.3, 0.4) is 0 Å². The van der Waals surface area contributed by atoms with E-state index in [2.05, 4.69) is 23.5 Å². The molecule has 0 saturated carbocycles. The molecule has 3 saturated heterocycles. The van der Waals surface area contributed by atoms with Gasteiger partial charge in [0, 0.05) is 26.2 Å². The number of rotatable bonds is 4. The second-order valence-corrected chi connectivity index (χ2v) is 7.46. The summed E-state index contributed by atoms with van der Waals surface area (Å²) in [7, 11) is 1.23. The summed E-state index contributed by atoms with van der Waals surface area (Å²) in [5.41, 5.74) is -0.807. The fourth-order valence-electron chi connectivity index (χ4n) is 4.17. The molecule has 3 heterocycles. The molecule has 3 rings (SSSR count). The smallest absolute Gasteiger partial charge is 0.325 e. The van der Waals surface area contributed by atoms with E-state index in [1.54, 1.807) is 0 Å². The van der Waals surface area contributed by atoms with Crippen LogP contribution in [0.15, 0.2) is 0 Å². The maximum absolute atomic E-state index is 13.0. The van der Waals surface area contributed by atoms with Gasteiger partial charge in [0.1, 0.15) is 12.1 Å². The molecule has 0 aromatic heterocycles. The van der Waals surface area contributed by atoms with Crippen LogP contribution in [0.1, 0.15) is 20.3 Å². The van der Waals surface area contributed by atoms with Gasteiger partial charge in [0.2, 0.25) is 5.91 Å². The van der Waals surface area contributed by atoms with Crippen molar-refractivity contribution in [3.05, 3.63) is 0 Å². The molecule has 0 aromatic rings. The van der Waals surface area contributed by atoms with E-state index >= 15 is 0 Å². The third kappa shape index (κ3) is 2.62. The first-order chi connectivity index (χ1) is 11.3. The molecule has 2 amide bonds. The number of likely N-dealkylation sites (tertiary alicyclic amines) is 1. The number of ether oxygens (including phenoxy) is 1. The van der Waals surface area contributed by atoms with Crippen LogP contribution < -0.4 is 0 Å². The van der Waals surface area contributed by atoms with Gasteiger partial charge < -0.3 is 9.84 Å². The lowest BCUT2D eigenvalue weighted by molar-refractivity contribution is -0.182. The fraction of sp³-hybridized carbons (Fsp3) is 0.812. The number of aliphatic hydroxyl groups excluding tert-OH is 1. The molecule has 8 nitrogen and oxygen atoms in total. The lowest BCUT2D eigenvalue weighted by atomic mass is 9.82. The van der Waals surface area contributed by atoms with Gasteiger partial charge >= 0.3 is 5.97 Å². The SMILES string of the molecule is COC(=O)CN1C(=O)[C@@H]2C[C@@H](O)CN2C2(CN(CC(C)C)C2)C1=O. The molecular weight excluding hydrogens is 314 g/mol. The Morgan fingerprint density at radius 1 is 1.38 bits per heavy atom. The summed E-state index contributed by atoms with van der Waals surface area (Å²) < 4.78 is 4.62. The molecule has 2 atom stereocenters. The summed E-state index contributed by atoms with van der Waals surface area (Å²) in [6, 6.07) is -0.538. The van der Waals surface area contributed by atoms with Gasteiger partial charge in [-0.25, -0.2) is 0 Å². The van der Waals surface area contributed by atoms with Gasteiger partial charge in [-0.3, -0.25) is 29.1 Å². The van der Waals surface area contributed by atoms with Crippen molar-refractivity contribution in [2.45, 2.75) is 38.0 Å². The van der Waals surface area contributed by atoms with E-state index in [0.717, 1.165) is 11.4 Å². The minimum absolute atomic E-state index is 0.301. The Hall–Kier alpha value is -1.51. The standard InChI is InChI=1S/C16H25N3O5/c1-10(2)5-17-8-16(9-17)15(23)18(7-13(21)24-3)14(22)12-4-11(20)6-19(12)16/h10-12,20H,4-9H2,1-3H3/t11-,12+/m1/s1. The number of esters is 1. The number of imide groups is 1. The molecule has 3 fully saturated rings. The van der Waals surface area contributed by atoms with Crippen LogP contribution in [0.5, 0.6) is 0 Å². The van der Waals surface area contributed by atoms with Crippen molar-refractivity contribution in [3.8, 4) is 0 Å².